The van der Waals surface area contributed by atoms with Crippen LogP contribution in [-0.4, -0.2) is 37.0 Å². The van der Waals surface area contributed by atoms with Crippen LogP contribution in [0.25, 0.3) is 0 Å². The maximum atomic E-state index is 10.3. The summed E-state index contributed by atoms with van der Waals surface area (Å²) in [6, 6.07) is 0.391. The highest BCUT2D eigenvalue weighted by atomic mass is 16.3. The Labute approximate surface area is 145 Å². The van der Waals surface area contributed by atoms with Crippen LogP contribution in [-0.2, 0) is 0 Å². The smallest absolute Gasteiger partial charge is 0.105 e. The van der Waals surface area contributed by atoms with Gasteiger partial charge in [0.1, 0.15) is 6.23 Å². The number of aliphatic hydroxyl groups is 1. The van der Waals surface area contributed by atoms with Crippen molar-refractivity contribution in [1.82, 2.24) is 10.6 Å². The van der Waals surface area contributed by atoms with Crippen LogP contribution in [0.2, 0.25) is 0 Å². The first-order chi connectivity index (χ1) is 10.9. The van der Waals surface area contributed by atoms with Gasteiger partial charge in [-0.2, -0.15) is 0 Å². The Kier molecular flexibility index (Phi) is 14.1. The molecular formula is C19H43N3O. The molecular weight excluding hydrogens is 286 g/mol. The fraction of sp³-hybridized carbons (Fsp3) is 1.00. The zero-order valence-electron chi connectivity index (χ0n) is 16.2. The molecule has 4 heteroatoms. The van der Waals surface area contributed by atoms with Crippen LogP contribution < -0.4 is 16.4 Å². The van der Waals surface area contributed by atoms with E-state index in [1.165, 1.54) is 19.3 Å². The average molecular weight is 330 g/mol. The van der Waals surface area contributed by atoms with Crippen molar-refractivity contribution >= 4 is 0 Å². The normalized spacial score (nSPS) is 14.9. The van der Waals surface area contributed by atoms with Gasteiger partial charge in [0.15, 0.2) is 0 Å². The minimum atomic E-state index is -0.371. The van der Waals surface area contributed by atoms with Crippen LogP contribution in [0, 0.1) is 5.41 Å². The Bertz CT molecular complexity index is 253. The van der Waals surface area contributed by atoms with E-state index in [0.29, 0.717) is 6.04 Å². The third-order valence-electron chi connectivity index (χ3n) is 4.05. The number of unbranched alkanes of at least 4 members (excludes halogenated alkanes) is 3. The van der Waals surface area contributed by atoms with Gasteiger partial charge in [0.05, 0.1) is 0 Å². The quantitative estimate of drug-likeness (QED) is 0.274. The van der Waals surface area contributed by atoms with Gasteiger partial charge in [0, 0.05) is 6.04 Å². The lowest BCUT2D eigenvalue weighted by Gasteiger charge is -2.29. The Morgan fingerprint density at radius 1 is 0.957 bits per heavy atom. The zero-order chi connectivity index (χ0) is 17.6. The van der Waals surface area contributed by atoms with Gasteiger partial charge in [-0.05, 0) is 70.0 Å². The van der Waals surface area contributed by atoms with Crippen molar-refractivity contribution in [2.45, 2.75) is 97.8 Å². The van der Waals surface area contributed by atoms with Crippen LogP contribution in [0.1, 0.15) is 85.5 Å². The summed E-state index contributed by atoms with van der Waals surface area (Å²) in [4.78, 5) is 0. The van der Waals surface area contributed by atoms with Crippen LogP contribution >= 0.6 is 0 Å². The molecule has 2 atom stereocenters. The lowest BCUT2D eigenvalue weighted by atomic mass is 9.86. The molecule has 5 N–H and O–H groups in total. The van der Waals surface area contributed by atoms with Crippen molar-refractivity contribution in [2.24, 2.45) is 11.1 Å². The van der Waals surface area contributed by atoms with Crippen molar-refractivity contribution in [3.8, 4) is 0 Å². The van der Waals surface area contributed by atoms with Crippen molar-refractivity contribution < 1.29 is 5.11 Å². The van der Waals surface area contributed by atoms with E-state index in [9.17, 15) is 5.11 Å². The Hall–Kier alpha value is -0.160. The molecule has 0 unspecified atom stereocenters. The summed E-state index contributed by atoms with van der Waals surface area (Å²) < 4.78 is 0. The van der Waals surface area contributed by atoms with Gasteiger partial charge < -0.3 is 16.2 Å². The number of nitrogens with two attached hydrogens (primary N) is 1. The van der Waals surface area contributed by atoms with Crippen LogP contribution in [0.3, 0.4) is 0 Å². The van der Waals surface area contributed by atoms with Crippen molar-refractivity contribution in [2.75, 3.05) is 19.6 Å². The van der Waals surface area contributed by atoms with Crippen LogP contribution in [0.5, 0.6) is 0 Å². The van der Waals surface area contributed by atoms with E-state index < -0.39 is 0 Å². The highest BCUT2D eigenvalue weighted by Crippen LogP contribution is 2.23. The number of aliphatic hydroxyl groups excluding tert-OH is 1. The standard InChI is InChI=1S/C19H43N3O/c1-5-14-21-15-10-6-7-12-18(23)22-17(11-8-9-13-20)16-19(2,3)4/h17-18,21-23H,5-16,20H2,1-4H3/t17-,18-/m0/s1. The first kappa shape index (κ1) is 22.8. The summed E-state index contributed by atoms with van der Waals surface area (Å²) in [6.07, 6.45) is 9.57. The van der Waals surface area contributed by atoms with Crippen molar-refractivity contribution in [1.29, 1.82) is 0 Å². The monoisotopic (exact) mass is 329 g/mol. The molecule has 140 valence electrons. The lowest BCUT2D eigenvalue weighted by Crippen LogP contribution is -2.40. The molecule has 0 spiro atoms. The predicted octanol–water partition coefficient (Wildman–Crippen LogP) is 3.39. The summed E-state index contributed by atoms with van der Waals surface area (Å²) in [5, 5.41) is 17.1. The fourth-order valence-electron chi connectivity index (χ4n) is 2.94. The van der Waals surface area contributed by atoms with Crippen molar-refractivity contribution in [3.05, 3.63) is 0 Å². The zero-order valence-corrected chi connectivity index (χ0v) is 16.2. The van der Waals surface area contributed by atoms with E-state index in [-0.39, 0.29) is 11.6 Å². The molecule has 0 aliphatic heterocycles. The molecule has 4 nitrogen and oxygen atoms in total. The van der Waals surface area contributed by atoms with Gasteiger partial charge in [-0.25, -0.2) is 0 Å². The molecule has 0 aromatic rings. The highest BCUT2D eigenvalue weighted by molar-refractivity contribution is 4.76. The van der Waals surface area contributed by atoms with Gasteiger partial charge in [-0.3, -0.25) is 5.32 Å². The number of hydrogen-bond acceptors (Lipinski definition) is 4. The van der Waals surface area contributed by atoms with Gasteiger partial charge in [-0.15, -0.1) is 0 Å². The third kappa shape index (κ3) is 16.5. The van der Waals surface area contributed by atoms with Gasteiger partial charge >= 0.3 is 0 Å². The second-order valence-corrected chi connectivity index (χ2v) is 8.03. The molecule has 0 saturated heterocycles. The van der Waals surface area contributed by atoms with E-state index in [0.717, 1.165) is 58.2 Å². The Balaban J connectivity index is 3.90. The van der Waals surface area contributed by atoms with Crippen molar-refractivity contribution in [3.63, 3.8) is 0 Å². The molecule has 23 heavy (non-hydrogen) atoms. The number of hydrogen-bond donors (Lipinski definition) is 4. The van der Waals surface area contributed by atoms with Gasteiger partial charge in [-0.1, -0.05) is 40.5 Å². The summed E-state index contributed by atoms with van der Waals surface area (Å²) >= 11 is 0. The molecule has 0 heterocycles. The molecule has 0 aromatic heterocycles. The minimum absolute atomic E-state index is 0.283. The fourth-order valence-corrected chi connectivity index (χ4v) is 2.94. The largest absolute Gasteiger partial charge is 0.379 e. The second-order valence-electron chi connectivity index (χ2n) is 8.03. The second kappa shape index (κ2) is 14.2. The molecule has 0 amide bonds. The molecule has 0 fully saturated rings. The van der Waals surface area contributed by atoms with E-state index in [1.807, 2.05) is 0 Å². The summed E-state index contributed by atoms with van der Waals surface area (Å²) in [6.45, 7) is 12.0. The van der Waals surface area contributed by atoms with E-state index in [1.54, 1.807) is 0 Å². The maximum absolute atomic E-state index is 10.3. The molecule has 0 aliphatic rings. The highest BCUT2D eigenvalue weighted by Gasteiger charge is 2.20. The molecule has 0 aliphatic carbocycles. The number of nitrogens with one attached hydrogen (secondary N) is 2. The minimum Gasteiger partial charge on any atom is -0.379 e. The molecule has 0 rings (SSSR count). The molecule has 0 bridgehead atoms. The maximum Gasteiger partial charge on any atom is 0.105 e. The number of rotatable bonds is 15. The molecule has 0 aromatic carbocycles. The van der Waals surface area contributed by atoms with Crippen LogP contribution in [0.15, 0.2) is 0 Å². The Morgan fingerprint density at radius 2 is 1.65 bits per heavy atom. The van der Waals surface area contributed by atoms with Crippen LogP contribution in [0.4, 0.5) is 0 Å². The SMILES string of the molecule is CCCNCCCCC[C@H](O)N[C@@H](CCCCN)CC(C)(C)C. The predicted molar refractivity (Wildman–Crippen MR) is 102 cm³/mol. The third-order valence-corrected chi connectivity index (χ3v) is 4.05. The van der Waals surface area contributed by atoms with E-state index in [2.05, 4.69) is 38.3 Å². The first-order valence-corrected chi connectivity index (χ1v) is 9.74. The van der Waals surface area contributed by atoms with E-state index >= 15 is 0 Å². The average Bonchev–Trinajstić information content (AvgIpc) is 2.45. The van der Waals surface area contributed by atoms with Gasteiger partial charge in [0.25, 0.3) is 0 Å². The summed E-state index contributed by atoms with van der Waals surface area (Å²) in [5.74, 6) is 0. The summed E-state index contributed by atoms with van der Waals surface area (Å²) in [7, 11) is 0. The lowest BCUT2D eigenvalue weighted by molar-refractivity contribution is 0.0977. The van der Waals surface area contributed by atoms with E-state index in [4.69, 9.17) is 5.73 Å². The first-order valence-electron chi connectivity index (χ1n) is 9.74. The summed E-state index contributed by atoms with van der Waals surface area (Å²) in [5.41, 5.74) is 5.88. The van der Waals surface area contributed by atoms with Gasteiger partial charge in [0.2, 0.25) is 0 Å². The molecule has 0 saturated carbocycles. The molecule has 0 radical (unpaired) electrons. The topological polar surface area (TPSA) is 70.3 Å². The Morgan fingerprint density at radius 3 is 2.26 bits per heavy atom.